The van der Waals surface area contributed by atoms with Crippen LogP contribution < -0.4 is 19.7 Å². The van der Waals surface area contributed by atoms with E-state index >= 15 is 0 Å². The van der Waals surface area contributed by atoms with Crippen LogP contribution in [0, 0.1) is 0 Å². The summed E-state index contributed by atoms with van der Waals surface area (Å²) in [6, 6.07) is 12.4. The van der Waals surface area contributed by atoms with Crippen molar-refractivity contribution in [3.05, 3.63) is 71.6 Å². The number of hydrogen-bond donors (Lipinski definition) is 1. The van der Waals surface area contributed by atoms with Crippen molar-refractivity contribution >= 4 is 5.82 Å². The normalized spacial score (nSPS) is 17.0. The molecule has 2 aromatic rings. The number of nitrogens with zero attached hydrogens (tertiary/aromatic N) is 2. The highest BCUT2D eigenvalue weighted by Crippen LogP contribution is 2.27. The van der Waals surface area contributed by atoms with Crippen LogP contribution in [-0.2, 0) is 17.7 Å². The number of allylic oxidation sites excluding steroid dienone is 1. The van der Waals surface area contributed by atoms with Crippen LogP contribution in [0.3, 0.4) is 0 Å². The summed E-state index contributed by atoms with van der Waals surface area (Å²) in [5, 5.41) is 3.26. The number of aromatic nitrogens is 1. The third-order valence-corrected chi connectivity index (χ3v) is 5.03. The molecule has 6 nitrogen and oxygen atoms in total. The molecular weight excluding hydrogens is 378 g/mol. The minimum atomic E-state index is 0.132. The Bertz CT molecular complexity index is 895. The van der Waals surface area contributed by atoms with Crippen molar-refractivity contribution in [2.45, 2.75) is 32.9 Å². The van der Waals surface area contributed by atoms with Gasteiger partial charge in [-0.15, -0.1) is 0 Å². The number of dihydropyridines is 1. The molecule has 0 aliphatic carbocycles. The molecule has 1 atom stereocenters. The van der Waals surface area contributed by atoms with E-state index in [2.05, 4.69) is 33.4 Å². The van der Waals surface area contributed by atoms with Gasteiger partial charge >= 0.3 is 0 Å². The van der Waals surface area contributed by atoms with Gasteiger partial charge in [-0.2, -0.15) is 4.98 Å². The number of fused-ring (bicyclic) bond motifs is 1. The van der Waals surface area contributed by atoms with Crippen LogP contribution in [-0.4, -0.2) is 38.4 Å². The summed E-state index contributed by atoms with van der Waals surface area (Å²) in [4.78, 5) is 6.84. The van der Waals surface area contributed by atoms with Crippen molar-refractivity contribution in [3.8, 4) is 11.6 Å². The summed E-state index contributed by atoms with van der Waals surface area (Å²) in [6.07, 6.45) is 6.86. The van der Waals surface area contributed by atoms with Gasteiger partial charge in [-0.05, 0) is 41.8 Å². The van der Waals surface area contributed by atoms with Crippen molar-refractivity contribution in [1.82, 2.24) is 10.3 Å². The van der Waals surface area contributed by atoms with Crippen LogP contribution in [0.25, 0.3) is 0 Å². The number of nitrogens with one attached hydrogen (secondary N) is 1. The lowest BCUT2D eigenvalue weighted by molar-refractivity contribution is 0.278. The zero-order valence-corrected chi connectivity index (χ0v) is 18.2. The first-order valence-electron chi connectivity index (χ1n) is 10.4. The fourth-order valence-electron chi connectivity index (χ4n) is 3.43. The highest BCUT2D eigenvalue weighted by Gasteiger charge is 2.19. The summed E-state index contributed by atoms with van der Waals surface area (Å²) >= 11 is 0. The van der Waals surface area contributed by atoms with Crippen LogP contribution in [0.5, 0.6) is 11.6 Å². The predicted molar refractivity (Wildman–Crippen MR) is 120 cm³/mol. The first-order valence-corrected chi connectivity index (χ1v) is 10.4. The first-order chi connectivity index (χ1) is 14.7. The topological polar surface area (TPSA) is 55.8 Å². The molecule has 2 aliphatic rings. The minimum Gasteiger partial charge on any atom is -0.495 e. The molecule has 6 heteroatoms. The molecule has 1 unspecified atom stereocenters. The Morgan fingerprint density at radius 3 is 2.70 bits per heavy atom. The van der Waals surface area contributed by atoms with E-state index in [-0.39, 0.29) is 6.04 Å². The Labute approximate surface area is 179 Å². The van der Waals surface area contributed by atoms with Crippen LogP contribution in [0.1, 0.15) is 25.0 Å². The standard InChI is InChI=1S/C22H25N3O3.C2H6/c1-26-20-9-7-18(23-13-20)15-28-19-8-6-16-10-11-25(14-17(16)12-19)21-4-3-5-22(24-21)27-2;1-2/h3-9,12-13,18,23H,10-11,14-15H2,1-2H3;1-2H3. The minimum absolute atomic E-state index is 0.132. The molecule has 0 radical (unpaired) electrons. The SMILES string of the molecule is CC.COC1=CNC(COc2ccc3c(c2)CN(c2cccc(OC)n2)CC3)C=C1. The van der Waals surface area contributed by atoms with Gasteiger partial charge in [0.1, 0.15) is 23.9 Å². The molecule has 1 aromatic heterocycles. The highest BCUT2D eigenvalue weighted by atomic mass is 16.5. The van der Waals surface area contributed by atoms with Gasteiger partial charge in [0.05, 0.1) is 20.3 Å². The van der Waals surface area contributed by atoms with Gasteiger partial charge in [0, 0.05) is 25.4 Å². The number of benzene rings is 1. The summed E-state index contributed by atoms with van der Waals surface area (Å²) < 4.78 is 16.5. The molecule has 3 heterocycles. The molecule has 0 fully saturated rings. The van der Waals surface area contributed by atoms with E-state index in [1.165, 1.54) is 11.1 Å². The van der Waals surface area contributed by atoms with E-state index in [1.54, 1.807) is 14.2 Å². The second kappa shape index (κ2) is 10.6. The molecule has 0 amide bonds. The molecule has 160 valence electrons. The van der Waals surface area contributed by atoms with Gasteiger partial charge < -0.3 is 24.4 Å². The Kier molecular flexibility index (Phi) is 7.60. The maximum atomic E-state index is 6.02. The van der Waals surface area contributed by atoms with E-state index < -0.39 is 0 Å². The number of hydrogen-bond acceptors (Lipinski definition) is 6. The average molecular weight is 410 g/mol. The van der Waals surface area contributed by atoms with E-state index in [0.717, 1.165) is 36.8 Å². The molecule has 0 spiro atoms. The monoisotopic (exact) mass is 409 g/mol. The number of ether oxygens (including phenoxy) is 3. The fraction of sp³-hybridized carbons (Fsp3) is 0.375. The Hall–Kier alpha value is -3.15. The molecule has 0 saturated heterocycles. The van der Waals surface area contributed by atoms with Gasteiger partial charge in [-0.25, -0.2) is 0 Å². The molecule has 1 N–H and O–H groups in total. The molecule has 4 rings (SSSR count). The third kappa shape index (κ3) is 5.26. The van der Waals surface area contributed by atoms with Gasteiger partial charge in [0.2, 0.25) is 5.88 Å². The molecule has 0 saturated carbocycles. The molecular formula is C24H31N3O3. The van der Waals surface area contributed by atoms with Crippen LogP contribution >= 0.6 is 0 Å². The second-order valence-corrected chi connectivity index (χ2v) is 6.83. The van der Waals surface area contributed by atoms with Crippen molar-refractivity contribution in [2.75, 3.05) is 32.3 Å². The van der Waals surface area contributed by atoms with E-state index in [0.29, 0.717) is 12.5 Å². The highest BCUT2D eigenvalue weighted by molar-refractivity contribution is 5.47. The smallest absolute Gasteiger partial charge is 0.214 e. The Morgan fingerprint density at radius 2 is 1.97 bits per heavy atom. The van der Waals surface area contributed by atoms with Gasteiger partial charge in [-0.1, -0.05) is 32.1 Å². The van der Waals surface area contributed by atoms with Crippen molar-refractivity contribution in [1.29, 1.82) is 0 Å². The lowest BCUT2D eigenvalue weighted by Crippen LogP contribution is -2.32. The summed E-state index contributed by atoms with van der Waals surface area (Å²) in [5.41, 5.74) is 2.65. The Balaban J connectivity index is 0.00000124. The van der Waals surface area contributed by atoms with Crippen LogP contribution in [0.4, 0.5) is 5.82 Å². The van der Waals surface area contributed by atoms with Crippen LogP contribution in [0.2, 0.25) is 0 Å². The number of pyridine rings is 1. The predicted octanol–water partition coefficient (Wildman–Crippen LogP) is 4.07. The molecule has 30 heavy (non-hydrogen) atoms. The van der Waals surface area contributed by atoms with E-state index in [1.807, 2.05) is 50.4 Å². The number of methoxy groups -OCH3 is 2. The van der Waals surface area contributed by atoms with E-state index in [9.17, 15) is 0 Å². The average Bonchev–Trinajstić information content (AvgIpc) is 2.83. The zero-order chi connectivity index (χ0) is 21.3. The lowest BCUT2D eigenvalue weighted by Gasteiger charge is -2.30. The second-order valence-electron chi connectivity index (χ2n) is 6.83. The lowest BCUT2D eigenvalue weighted by atomic mass is 9.99. The van der Waals surface area contributed by atoms with E-state index in [4.69, 9.17) is 14.2 Å². The quantitative estimate of drug-likeness (QED) is 0.776. The van der Waals surface area contributed by atoms with Crippen molar-refractivity contribution in [2.24, 2.45) is 0 Å². The largest absolute Gasteiger partial charge is 0.495 e. The zero-order valence-electron chi connectivity index (χ0n) is 18.2. The number of anilines is 1. The first kappa shape index (κ1) is 21.6. The molecule has 2 aliphatic heterocycles. The van der Waals surface area contributed by atoms with Crippen molar-refractivity contribution < 1.29 is 14.2 Å². The summed E-state index contributed by atoms with van der Waals surface area (Å²) in [7, 11) is 3.30. The molecule has 0 bridgehead atoms. The van der Waals surface area contributed by atoms with Gasteiger partial charge in [0.15, 0.2) is 0 Å². The maximum Gasteiger partial charge on any atom is 0.214 e. The summed E-state index contributed by atoms with van der Waals surface area (Å²) in [6.45, 7) is 6.32. The maximum absolute atomic E-state index is 6.02. The van der Waals surface area contributed by atoms with Gasteiger partial charge in [-0.3, -0.25) is 0 Å². The van der Waals surface area contributed by atoms with Gasteiger partial charge in [0.25, 0.3) is 0 Å². The number of rotatable bonds is 6. The van der Waals surface area contributed by atoms with Crippen molar-refractivity contribution in [3.63, 3.8) is 0 Å². The van der Waals surface area contributed by atoms with Crippen LogP contribution in [0.15, 0.2) is 60.5 Å². The summed E-state index contributed by atoms with van der Waals surface area (Å²) in [5.74, 6) is 3.28. The Morgan fingerprint density at radius 1 is 1.10 bits per heavy atom. The molecule has 1 aromatic carbocycles. The third-order valence-electron chi connectivity index (χ3n) is 5.03. The fourth-order valence-corrected chi connectivity index (χ4v) is 3.43.